The molecule has 5 nitrogen and oxygen atoms in total. The molecule has 0 saturated heterocycles. The molecule has 1 unspecified atom stereocenters. The molecule has 3 aromatic heterocycles. The lowest BCUT2D eigenvalue weighted by Gasteiger charge is -2.36. The Bertz CT molecular complexity index is 1450. The van der Waals surface area contributed by atoms with Gasteiger partial charge in [-0.25, -0.2) is 4.68 Å². The van der Waals surface area contributed by atoms with Crippen LogP contribution >= 0.6 is 11.3 Å². The van der Waals surface area contributed by atoms with Gasteiger partial charge in [-0.1, -0.05) is 30.3 Å². The van der Waals surface area contributed by atoms with Crippen molar-refractivity contribution in [3.8, 4) is 5.69 Å². The Hall–Kier alpha value is -3.64. The molecular weight excluding hydrogens is 428 g/mol. The van der Waals surface area contributed by atoms with E-state index in [4.69, 9.17) is 0 Å². The topological polar surface area (TPSA) is 43.1 Å². The van der Waals surface area contributed by atoms with Crippen molar-refractivity contribution in [1.82, 2.24) is 19.2 Å². The third-order valence-corrected chi connectivity index (χ3v) is 7.64. The van der Waals surface area contributed by atoms with Gasteiger partial charge in [0.2, 0.25) is 0 Å². The molecule has 1 amide bonds. The van der Waals surface area contributed by atoms with E-state index in [9.17, 15) is 4.79 Å². The maximum Gasteiger partial charge on any atom is 0.256 e. The first-order chi connectivity index (χ1) is 16.2. The molecule has 6 heteroatoms. The van der Waals surface area contributed by atoms with E-state index in [0.29, 0.717) is 0 Å². The van der Waals surface area contributed by atoms with Crippen LogP contribution in [0, 0.1) is 0 Å². The number of amides is 1. The van der Waals surface area contributed by atoms with Crippen LogP contribution in [0.3, 0.4) is 0 Å². The quantitative estimate of drug-likeness (QED) is 0.366. The molecule has 0 fully saturated rings. The van der Waals surface area contributed by atoms with Crippen molar-refractivity contribution in [3.05, 3.63) is 106 Å². The molecule has 0 N–H and O–H groups in total. The van der Waals surface area contributed by atoms with Crippen molar-refractivity contribution < 1.29 is 4.79 Å². The standard InChI is InChI=1S/C27H24N4OS/c1-29-18-23(22-8-2-3-9-24(22)29)27(32)30-14-10-20-11-15-33-26(20)25(30)17-19-6-4-7-21(16-19)31-13-5-12-28-31/h2-9,11-13,15-16,18,25H,10,14,17H2,1H3. The lowest BCUT2D eigenvalue weighted by atomic mass is 9.94. The van der Waals surface area contributed by atoms with Gasteiger partial charge in [-0.05, 0) is 59.7 Å². The third-order valence-electron chi connectivity index (χ3n) is 6.58. The number of thiophene rings is 1. The number of aromatic nitrogens is 3. The van der Waals surface area contributed by atoms with Gasteiger partial charge in [0.15, 0.2) is 0 Å². The summed E-state index contributed by atoms with van der Waals surface area (Å²) in [4.78, 5) is 17.3. The second-order valence-corrected chi connectivity index (χ2v) is 9.52. The summed E-state index contributed by atoms with van der Waals surface area (Å²) in [5, 5.41) is 7.54. The molecule has 1 atom stereocenters. The molecule has 164 valence electrons. The number of hydrogen-bond acceptors (Lipinski definition) is 3. The smallest absolute Gasteiger partial charge is 0.256 e. The molecule has 1 aliphatic heterocycles. The van der Waals surface area contributed by atoms with E-state index in [1.807, 2.05) is 53.0 Å². The molecule has 0 bridgehead atoms. The number of hydrogen-bond donors (Lipinski definition) is 0. The Morgan fingerprint density at radius 3 is 2.91 bits per heavy atom. The summed E-state index contributed by atoms with van der Waals surface area (Å²) in [6.07, 6.45) is 7.40. The SMILES string of the molecule is Cn1cc(C(=O)N2CCc3ccsc3C2Cc2cccc(-n3cccn3)c2)c2ccccc21. The first kappa shape index (κ1) is 20.0. The molecule has 4 heterocycles. The van der Waals surface area contributed by atoms with Crippen LogP contribution < -0.4 is 0 Å². The normalized spacial score (nSPS) is 15.7. The molecule has 2 aromatic carbocycles. The number of rotatable bonds is 4. The van der Waals surface area contributed by atoms with E-state index in [2.05, 4.69) is 51.8 Å². The fourth-order valence-corrected chi connectivity index (χ4v) is 6.04. The molecule has 0 saturated carbocycles. The molecule has 5 aromatic rings. The molecule has 0 aliphatic carbocycles. The van der Waals surface area contributed by atoms with Crippen LogP contribution in [0.15, 0.2) is 84.6 Å². The maximum atomic E-state index is 13.9. The second-order valence-electron chi connectivity index (χ2n) is 8.57. The maximum absolute atomic E-state index is 13.9. The highest BCUT2D eigenvalue weighted by Gasteiger charge is 2.33. The van der Waals surface area contributed by atoms with Crippen LogP contribution in [0.2, 0.25) is 0 Å². The highest BCUT2D eigenvalue weighted by atomic mass is 32.1. The fraction of sp³-hybridized carbons (Fsp3) is 0.185. The number of carbonyl (C=O) groups is 1. The van der Waals surface area contributed by atoms with E-state index >= 15 is 0 Å². The van der Waals surface area contributed by atoms with Gasteiger partial charge in [-0.15, -0.1) is 11.3 Å². The molecule has 1 aliphatic rings. The summed E-state index contributed by atoms with van der Waals surface area (Å²) in [5.74, 6) is 0.110. The minimum absolute atomic E-state index is 0.0214. The van der Waals surface area contributed by atoms with Crippen LogP contribution in [0.5, 0.6) is 0 Å². The third kappa shape index (κ3) is 3.47. The predicted molar refractivity (Wildman–Crippen MR) is 132 cm³/mol. The second kappa shape index (κ2) is 8.05. The summed E-state index contributed by atoms with van der Waals surface area (Å²) in [7, 11) is 2.00. The number of aryl methyl sites for hydroxylation is 1. The number of para-hydroxylation sites is 1. The molecule has 33 heavy (non-hydrogen) atoms. The van der Waals surface area contributed by atoms with Crippen LogP contribution in [0.25, 0.3) is 16.6 Å². The Balaban J connectivity index is 1.38. The van der Waals surface area contributed by atoms with Crippen molar-refractivity contribution in [1.29, 1.82) is 0 Å². The van der Waals surface area contributed by atoms with Gasteiger partial charge in [-0.3, -0.25) is 4.79 Å². The Kier molecular flexibility index (Phi) is 4.88. The van der Waals surface area contributed by atoms with Gasteiger partial charge < -0.3 is 9.47 Å². The van der Waals surface area contributed by atoms with Gasteiger partial charge in [0.05, 0.1) is 17.3 Å². The number of nitrogens with zero attached hydrogens (tertiary/aromatic N) is 4. The van der Waals surface area contributed by atoms with Crippen LogP contribution in [-0.4, -0.2) is 31.7 Å². The monoisotopic (exact) mass is 452 g/mol. The van der Waals surface area contributed by atoms with Gasteiger partial charge in [0, 0.05) is 48.0 Å². The van der Waals surface area contributed by atoms with Crippen LogP contribution in [0.4, 0.5) is 0 Å². The Labute approximate surface area is 196 Å². The average Bonchev–Trinajstić information content (AvgIpc) is 3.60. The first-order valence-electron chi connectivity index (χ1n) is 11.2. The lowest BCUT2D eigenvalue weighted by molar-refractivity contribution is 0.0666. The zero-order valence-electron chi connectivity index (χ0n) is 18.4. The molecular formula is C27H24N4OS. The number of carbonyl (C=O) groups excluding carboxylic acids is 1. The largest absolute Gasteiger partial charge is 0.350 e. The average molecular weight is 453 g/mol. The minimum atomic E-state index is 0.0214. The fourth-order valence-electron chi connectivity index (χ4n) is 4.97. The Morgan fingerprint density at radius 2 is 2.03 bits per heavy atom. The predicted octanol–water partition coefficient (Wildman–Crippen LogP) is 5.41. The number of benzene rings is 2. The van der Waals surface area contributed by atoms with Crippen molar-refractivity contribution >= 4 is 28.1 Å². The van der Waals surface area contributed by atoms with E-state index in [1.54, 1.807) is 17.5 Å². The van der Waals surface area contributed by atoms with Crippen molar-refractivity contribution in [2.45, 2.75) is 18.9 Å². The highest BCUT2D eigenvalue weighted by Crippen LogP contribution is 2.38. The van der Waals surface area contributed by atoms with Crippen molar-refractivity contribution in [3.63, 3.8) is 0 Å². The van der Waals surface area contributed by atoms with Gasteiger partial charge in [0.1, 0.15) is 0 Å². The van der Waals surface area contributed by atoms with Crippen molar-refractivity contribution in [2.24, 2.45) is 7.05 Å². The molecule has 6 rings (SSSR count). The molecule has 0 spiro atoms. The minimum Gasteiger partial charge on any atom is -0.350 e. The van der Waals surface area contributed by atoms with Gasteiger partial charge in [-0.2, -0.15) is 5.10 Å². The zero-order chi connectivity index (χ0) is 22.4. The van der Waals surface area contributed by atoms with Gasteiger partial charge >= 0.3 is 0 Å². The van der Waals surface area contributed by atoms with E-state index in [0.717, 1.165) is 41.5 Å². The lowest BCUT2D eigenvalue weighted by Crippen LogP contribution is -2.40. The Morgan fingerprint density at radius 1 is 1.12 bits per heavy atom. The first-order valence-corrected chi connectivity index (χ1v) is 12.1. The van der Waals surface area contributed by atoms with E-state index < -0.39 is 0 Å². The summed E-state index contributed by atoms with van der Waals surface area (Å²) >= 11 is 1.76. The summed E-state index contributed by atoms with van der Waals surface area (Å²) in [6.45, 7) is 0.731. The van der Waals surface area contributed by atoms with Crippen LogP contribution in [0.1, 0.15) is 32.4 Å². The highest BCUT2D eigenvalue weighted by molar-refractivity contribution is 7.10. The van der Waals surface area contributed by atoms with Crippen molar-refractivity contribution in [2.75, 3.05) is 6.54 Å². The van der Waals surface area contributed by atoms with Gasteiger partial charge in [0.25, 0.3) is 5.91 Å². The summed E-state index contributed by atoms with van der Waals surface area (Å²) in [6, 6.07) is 20.8. The molecule has 0 radical (unpaired) electrons. The summed E-state index contributed by atoms with van der Waals surface area (Å²) < 4.78 is 3.92. The van der Waals surface area contributed by atoms with E-state index in [1.165, 1.54) is 16.0 Å². The summed E-state index contributed by atoms with van der Waals surface area (Å²) in [5.41, 5.74) is 5.47. The number of fused-ring (bicyclic) bond motifs is 2. The van der Waals surface area contributed by atoms with Crippen LogP contribution in [-0.2, 0) is 19.9 Å². The zero-order valence-corrected chi connectivity index (χ0v) is 19.2. The van der Waals surface area contributed by atoms with E-state index in [-0.39, 0.29) is 11.9 Å².